The van der Waals surface area contributed by atoms with Crippen LogP contribution in [0.3, 0.4) is 0 Å². The smallest absolute Gasteiger partial charge is 0.316 e. The minimum absolute atomic E-state index is 0.188. The first-order chi connectivity index (χ1) is 10.2. The first kappa shape index (κ1) is 15.2. The van der Waals surface area contributed by atoms with E-state index in [0.717, 1.165) is 5.69 Å². The van der Waals surface area contributed by atoms with E-state index in [2.05, 4.69) is 15.0 Å². The minimum atomic E-state index is -0.279. The SMILES string of the molecule is CCOC(=O)CSc1nccc(-c2ccc(OC)cn2)n1. The molecule has 0 atom stereocenters. The Balaban J connectivity index is 2.07. The van der Waals surface area contributed by atoms with Crippen LogP contribution in [-0.4, -0.2) is 40.4 Å². The summed E-state index contributed by atoms with van der Waals surface area (Å²) in [6.45, 7) is 2.14. The largest absolute Gasteiger partial charge is 0.495 e. The summed E-state index contributed by atoms with van der Waals surface area (Å²) >= 11 is 1.24. The van der Waals surface area contributed by atoms with Crippen LogP contribution in [0.1, 0.15) is 6.92 Å². The van der Waals surface area contributed by atoms with Crippen LogP contribution in [0.25, 0.3) is 11.4 Å². The van der Waals surface area contributed by atoms with Crippen LogP contribution in [0.2, 0.25) is 0 Å². The van der Waals surface area contributed by atoms with E-state index in [-0.39, 0.29) is 11.7 Å². The molecule has 0 spiro atoms. The zero-order chi connectivity index (χ0) is 15.1. The summed E-state index contributed by atoms with van der Waals surface area (Å²) in [6.07, 6.45) is 3.27. The average Bonchev–Trinajstić information content (AvgIpc) is 2.54. The summed E-state index contributed by atoms with van der Waals surface area (Å²) in [4.78, 5) is 24.1. The van der Waals surface area contributed by atoms with Crippen molar-refractivity contribution < 1.29 is 14.3 Å². The lowest BCUT2D eigenvalue weighted by atomic mass is 10.2. The molecule has 0 amide bonds. The fraction of sp³-hybridized carbons (Fsp3) is 0.286. The number of carbonyl (C=O) groups is 1. The second-order valence-corrected chi connectivity index (χ2v) is 4.84. The highest BCUT2D eigenvalue weighted by atomic mass is 32.2. The van der Waals surface area contributed by atoms with Gasteiger partial charge in [-0.05, 0) is 25.1 Å². The Labute approximate surface area is 126 Å². The molecule has 7 heteroatoms. The maximum absolute atomic E-state index is 11.3. The number of aromatic nitrogens is 3. The quantitative estimate of drug-likeness (QED) is 0.460. The van der Waals surface area contributed by atoms with E-state index < -0.39 is 0 Å². The van der Waals surface area contributed by atoms with E-state index >= 15 is 0 Å². The van der Waals surface area contributed by atoms with Crippen molar-refractivity contribution in [2.75, 3.05) is 19.5 Å². The molecule has 6 nitrogen and oxygen atoms in total. The van der Waals surface area contributed by atoms with Crippen molar-refractivity contribution in [3.63, 3.8) is 0 Å². The number of hydrogen-bond acceptors (Lipinski definition) is 7. The highest BCUT2D eigenvalue weighted by Crippen LogP contribution is 2.20. The van der Waals surface area contributed by atoms with Gasteiger partial charge in [0.1, 0.15) is 5.75 Å². The first-order valence-corrected chi connectivity index (χ1v) is 7.33. The number of nitrogens with zero attached hydrogens (tertiary/aromatic N) is 3. The lowest BCUT2D eigenvalue weighted by Crippen LogP contribution is -2.07. The number of ether oxygens (including phenoxy) is 2. The molecule has 0 bridgehead atoms. The molecule has 21 heavy (non-hydrogen) atoms. The molecule has 0 unspecified atom stereocenters. The number of carbonyl (C=O) groups excluding carboxylic acids is 1. The summed E-state index contributed by atoms with van der Waals surface area (Å²) in [6, 6.07) is 5.40. The number of rotatable bonds is 6. The Bertz CT molecular complexity index is 605. The zero-order valence-electron chi connectivity index (χ0n) is 11.8. The fourth-order valence-electron chi connectivity index (χ4n) is 1.53. The van der Waals surface area contributed by atoms with Crippen LogP contribution >= 0.6 is 11.8 Å². The molecule has 2 rings (SSSR count). The van der Waals surface area contributed by atoms with E-state index in [1.807, 2.05) is 12.1 Å². The lowest BCUT2D eigenvalue weighted by molar-refractivity contribution is -0.139. The van der Waals surface area contributed by atoms with Gasteiger partial charge in [-0.3, -0.25) is 9.78 Å². The molecule has 110 valence electrons. The van der Waals surface area contributed by atoms with Crippen molar-refractivity contribution in [2.45, 2.75) is 12.1 Å². The van der Waals surface area contributed by atoms with Gasteiger partial charge in [0.05, 0.1) is 37.1 Å². The highest BCUT2D eigenvalue weighted by molar-refractivity contribution is 7.99. The van der Waals surface area contributed by atoms with Crippen molar-refractivity contribution in [2.24, 2.45) is 0 Å². The van der Waals surface area contributed by atoms with Gasteiger partial charge in [0.2, 0.25) is 0 Å². The van der Waals surface area contributed by atoms with E-state index in [1.165, 1.54) is 11.8 Å². The molecule has 0 aliphatic heterocycles. The number of methoxy groups -OCH3 is 1. The number of pyridine rings is 1. The van der Waals surface area contributed by atoms with Crippen LogP contribution in [0.5, 0.6) is 5.75 Å². The molecule has 0 fully saturated rings. The molecule has 0 saturated heterocycles. The predicted octanol–water partition coefficient (Wildman–Crippen LogP) is 2.20. The lowest BCUT2D eigenvalue weighted by Gasteiger charge is -2.04. The molecule has 0 aliphatic carbocycles. The Morgan fingerprint density at radius 2 is 2.10 bits per heavy atom. The van der Waals surface area contributed by atoms with Gasteiger partial charge >= 0.3 is 5.97 Å². The molecular formula is C14H15N3O3S. The summed E-state index contributed by atoms with van der Waals surface area (Å²) < 4.78 is 9.93. The van der Waals surface area contributed by atoms with Gasteiger partial charge < -0.3 is 9.47 Å². The molecule has 0 N–H and O–H groups in total. The minimum Gasteiger partial charge on any atom is -0.495 e. The standard InChI is InChI=1S/C14H15N3O3S/c1-3-20-13(18)9-21-14-15-7-6-12(17-14)11-5-4-10(19-2)8-16-11/h4-8H,3,9H2,1-2H3. The summed E-state index contributed by atoms with van der Waals surface area (Å²) in [7, 11) is 1.59. The second-order valence-electron chi connectivity index (χ2n) is 3.90. The van der Waals surface area contributed by atoms with E-state index in [0.29, 0.717) is 23.2 Å². The molecule has 0 aromatic carbocycles. The molecule has 2 aromatic rings. The van der Waals surface area contributed by atoms with Gasteiger partial charge in [-0.1, -0.05) is 11.8 Å². The molecule has 0 radical (unpaired) electrons. The Morgan fingerprint density at radius 3 is 2.76 bits per heavy atom. The third-order valence-corrected chi connectivity index (χ3v) is 3.33. The number of esters is 1. The van der Waals surface area contributed by atoms with Crippen molar-refractivity contribution in [3.8, 4) is 17.1 Å². The van der Waals surface area contributed by atoms with Crippen LogP contribution < -0.4 is 4.74 Å². The number of thioether (sulfide) groups is 1. The fourth-order valence-corrected chi connectivity index (χ4v) is 2.16. The predicted molar refractivity (Wildman–Crippen MR) is 79.2 cm³/mol. The van der Waals surface area contributed by atoms with Crippen LogP contribution in [-0.2, 0) is 9.53 Å². The molecule has 2 heterocycles. The summed E-state index contributed by atoms with van der Waals surface area (Å²) in [5.74, 6) is 0.594. The van der Waals surface area contributed by atoms with Crippen molar-refractivity contribution >= 4 is 17.7 Å². The highest BCUT2D eigenvalue weighted by Gasteiger charge is 2.08. The Hall–Kier alpha value is -2.15. The van der Waals surface area contributed by atoms with Gasteiger partial charge in [0.15, 0.2) is 5.16 Å². The molecule has 2 aromatic heterocycles. The first-order valence-electron chi connectivity index (χ1n) is 6.34. The van der Waals surface area contributed by atoms with Crippen LogP contribution in [0.15, 0.2) is 35.7 Å². The zero-order valence-corrected chi connectivity index (χ0v) is 12.6. The van der Waals surface area contributed by atoms with Gasteiger partial charge in [0, 0.05) is 6.20 Å². The monoisotopic (exact) mass is 305 g/mol. The average molecular weight is 305 g/mol. The Kier molecular flexibility index (Phi) is 5.51. The van der Waals surface area contributed by atoms with Gasteiger partial charge in [-0.2, -0.15) is 0 Å². The maximum atomic E-state index is 11.3. The van der Waals surface area contributed by atoms with Crippen molar-refractivity contribution in [3.05, 3.63) is 30.6 Å². The third-order valence-electron chi connectivity index (χ3n) is 2.49. The van der Waals surface area contributed by atoms with Gasteiger partial charge in [0.25, 0.3) is 0 Å². The summed E-state index contributed by atoms with van der Waals surface area (Å²) in [5, 5.41) is 0.512. The summed E-state index contributed by atoms with van der Waals surface area (Å²) in [5.41, 5.74) is 1.41. The van der Waals surface area contributed by atoms with Crippen LogP contribution in [0.4, 0.5) is 0 Å². The molecule has 0 aliphatic rings. The second kappa shape index (κ2) is 7.58. The van der Waals surface area contributed by atoms with Crippen molar-refractivity contribution in [1.29, 1.82) is 0 Å². The topological polar surface area (TPSA) is 74.2 Å². The van der Waals surface area contributed by atoms with E-state index in [1.54, 1.807) is 32.5 Å². The molecule has 0 saturated carbocycles. The Morgan fingerprint density at radius 1 is 1.24 bits per heavy atom. The van der Waals surface area contributed by atoms with E-state index in [9.17, 15) is 4.79 Å². The maximum Gasteiger partial charge on any atom is 0.316 e. The molecular weight excluding hydrogens is 290 g/mol. The van der Waals surface area contributed by atoms with Gasteiger partial charge in [-0.15, -0.1) is 0 Å². The number of hydrogen-bond donors (Lipinski definition) is 0. The van der Waals surface area contributed by atoms with Crippen LogP contribution in [0, 0.1) is 0 Å². The van der Waals surface area contributed by atoms with E-state index in [4.69, 9.17) is 9.47 Å². The van der Waals surface area contributed by atoms with Gasteiger partial charge in [-0.25, -0.2) is 9.97 Å². The normalized spacial score (nSPS) is 10.2. The third kappa shape index (κ3) is 4.42. The van der Waals surface area contributed by atoms with Crippen molar-refractivity contribution in [1.82, 2.24) is 15.0 Å².